The lowest BCUT2D eigenvalue weighted by molar-refractivity contribution is -0.0228. The monoisotopic (exact) mass is 891 g/mol. The van der Waals surface area contributed by atoms with Gasteiger partial charge in [-0.1, -0.05) is 38.1 Å². The third-order valence-corrected chi connectivity index (χ3v) is 15.8. The highest BCUT2D eigenvalue weighted by molar-refractivity contribution is 7.90. The van der Waals surface area contributed by atoms with Crippen molar-refractivity contribution in [1.29, 1.82) is 0 Å². The van der Waals surface area contributed by atoms with Crippen LogP contribution in [-0.4, -0.2) is 96.1 Å². The quantitative estimate of drug-likeness (QED) is 0.0837. The second-order valence-corrected chi connectivity index (χ2v) is 21.0. The molecule has 1 aliphatic carbocycles. The summed E-state index contributed by atoms with van der Waals surface area (Å²) in [5.74, 6) is 0.772. The summed E-state index contributed by atoms with van der Waals surface area (Å²) in [4.78, 5) is 33.2. The van der Waals surface area contributed by atoms with Crippen LogP contribution in [0.25, 0.3) is 11.0 Å². The fourth-order valence-electron chi connectivity index (χ4n) is 10.6. The molecule has 4 fully saturated rings. The minimum absolute atomic E-state index is 0.0523. The van der Waals surface area contributed by atoms with E-state index >= 15 is 4.39 Å². The number of ether oxygens (including phenoxy) is 1. The number of nitrogen functional groups attached to an aromatic ring is 1. The number of anilines is 3. The zero-order valence-corrected chi connectivity index (χ0v) is 38.3. The van der Waals surface area contributed by atoms with Crippen molar-refractivity contribution in [3.63, 3.8) is 0 Å². The molecule has 340 valence electrons. The molecule has 1 saturated carbocycles. The largest absolute Gasteiger partial charge is 0.455 e. The molecule has 5 aromatic rings. The highest BCUT2D eigenvalue weighted by Gasteiger charge is 2.50. The molecule has 6 heterocycles. The number of amides is 1. The fraction of sp³-hybridized carbons (Fsp3) is 0.490. The average molecular weight is 892 g/mol. The van der Waals surface area contributed by atoms with Crippen molar-refractivity contribution in [3.8, 4) is 11.5 Å². The van der Waals surface area contributed by atoms with Gasteiger partial charge in [0.2, 0.25) is 0 Å². The molecule has 5 N–H and O–H groups in total. The van der Waals surface area contributed by atoms with Crippen LogP contribution in [0.4, 0.5) is 21.6 Å². The van der Waals surface area contributed by atoms with E-state index in [0.717, 1.165) is 37.9 Å². The van der Waals surface area contributed by atoms with E-state index in [4.69, 9.17) is 15.5 Å². The number of pyridine rings is 2. The molecule has 1 amide bonds. The topological polar surface area (TPSA) is 162 Å². The SMILES string of the molecule is CC(C)c1ccccc1[C@@H]1CCCN1C1CC2(CCN(c3cc(Oc4cnc5[nH]ccc5c4)c(C(=O)NS(=O)(=O)c4ccc(NCC5(F)CCN(C(C)C)CC5)c(N)c4)cn3)CC2)C1. The summed E-state index contributed by atoms with van der Waals surface area (Å²) >= 11 is 0. The van der Waals surface area contributed by atoms with Gasteiger partial charge in [-0.3, -0.25) is 9.69 Å². The number of aromatic amines is 1. The number of hydrogen-bond donors (Lipinski definition) is 4. The molecule has 1 spiro atoms. The van der Waals surface area contributed by atoms with Crippen LogP contribution in [0.5, 0.6) is 11.5 Å². The number of sulfonamides is 1. The summed E-state index contributed by atoms with van der Waals surface area (Å²) in [5.41, 5.74) is 9.33. The van der Waals surface area contributed by atoms with Crippen LogP contribution in [0.3, 0.4) is 0 Å². The van der Waals surface area contributed by atoms with Gasteiger partial charge in [0.25, 0.3) is 15.9 Å². The zero-order chi connectivity index (χ0) is 44.8. The number of H-pyrrole nitrogens is 1. The first-order valence-electron chi connectivity index (χ1n) is 23.0. The zero-order valence-electron chi connectivity index (χ0n) is 37.4. The molecule has 3 aromatic heterocycles. The van der Waals surface area contributed by atoms with Crippen molar-refractivity contribution in [2.24, 2.45) is 5.41 Å². The molecule has 3 aliphatic heterocycles. The minimum atomic E-state index is -4.40. The number of halogens is 1. The number of nitrogens with one attached hydrogen (secondary N) is 3. The Morgan fingerprint density at radius 1 is 0.953 bits per heavy atom. The van der Waals surface area contributed by atoms with Gasteiger partial charge in [-0.05, 0) is 125 Å². The van der Waals surface area contributed by atoms with Crippen molar-refractivity contribution in [2.45, 2.75) is 114 Å². The Morgan fingerprint density at radius 3 is 2.45 bits per heavy atom. The molecule has 3 saturated heterocycles. The van der Waals surface area contributed by atoms with Crippen LogP contribution in [0.2, 0.25) is 0 Å². The van der Waals surface area contributed by atoms with E-state index in [9.17, 15) is 13.2 Å². The summed E-state index contributed by atoms with van der Waals surface area (Å²) in [6, 6.07) is 19.9. The molecule has 15 heteroatoms. The van der Waals surface area contributed by atoms with Crippen LogP contribution >= 0.6 is 0 Å². The maximum atomic E-state index is 15.6. The summed E-state index contributed by atoms with van der Waals surface area (Å²) in [5, 5.41) is 3.90. The van der Waals surface area contributed by atoms with Gasteiger partial charge in [0.1, 0.15) is 34.2 Å². The Hall–Kier alpha value is -5.25. The smallest absolute Gasteiger partial charge is 0.270 e. The summed E-state index contributed by atoms with van der Waals surface area (Å²) < 4.78 is 51.6. The maximum Gasteiger partial charge on any atom is 0.270 e. The molecule has 1 atom stereocenters. The Morgan fingerprint density at radius 2 is 1.72 bits per heavy atom. The molecule has 9 rings (SSSR count). The molecule has 64 heavy (non-hydrogen) atoms. The third kappa shape index (κ3) is 9.03. The Kier molecular flexibility index (Phi) is 12.1. The number of rotatable bonds is 13. The van der Waals surface area contributed by atoms with Gasteiger partial charge in [0, 0.05) is 74.7 Å². The minimum Gasteiger partial charge on any atom is -0.455 e. The van der Waals surface area contributed by atoms with Crippen LogP contribution in [0.1, 0.15) is 113 Å². The number of nitrogens with zero attached hydrogens (tertiary/aromatic N) is 5. The number of alkyl halides is 1. The Bertz CT molecular complexity index is 2590. The van der Waals surface area contributed by atoms with Gasteiger partial charge in [-0.15, -0.1) is 0 Å². The molecule has 0 unspecified atom stereocenters. The standard InChI is InChI=1S/C49H62FN9O4S/c1-32(2)38-8-5-6-9-39(38)43-10-7-19-59(43)35-27-48(28-35)14-20-58(21-15-48)45-26-44(63-36-24-34-13-18-52-46(34)54-29-36)40(30-53-45)47(60)56-64(61,62)37-11-12-42(41(51)25-37)55-31-49(50)16-22-57(23-17-49)33(3)4/h5-6,8-9,11-13,18,24-26,29-30,32-33,35,43,55H,7,10,14-17,19-23,27-28,31,51H2,1-4H3,(H,52,54)(H,56,60)/t43-/m0/s1. The predicted molar refractivity (Wildman–Crippen MR) is 250 cm³/mol. The number of carbonyl (C=O) groups excluding carboxylic acids is 1. The lowest BCUT2D eigenvalue weighted by Gasteiger charge is -2.56. The van der Waals surface area contributed by atoms with E-state index in [-0.39, 0.29) is 28.4 Å². The van der Waals surface area contributed by atoms with Gasteiger partial charge in [-0.2, -0.15) is 0 Å². The predicted octanol–water partition coefficient (Wildman–Crippen LogP) is 8.79. The second kappa shape index (κ2) is 17.6. The number of benzene rings is 2. The molecule has 0 bridgehead atoms. The van der Waals surface area contributed by atoms with Crippen LogP contribution in [-0.2, 0) is 10.0 Å². The van der Waals surface area contributed by atoms with Gasteiger partial charge < -0.3 is 30.6 Å². The number of nitrogens with two attached hydrogens (primary N) is 1. The molecule has 2 aromatic carbocycles. The van der Waals surface area contributed by atoms with E-state index in [1.54, 1.807) is 24.5 Å². The van der Waals surface area contributed by atoms with Gasteiger partial charge in [0.15, 0.2) is 0 Å². The van der Waals surface area contributed by atoms with E-state index in [1.807, 2.05) is 6.07 Å². The molecular weight excluding hydrogens is 830 g/mol. The normalized spacial score (nSPS) is 20.5. The highest BCUT2D eigenvalue weighted by atomic mass is 32.2. The number of aromatic nitrogens is 3. The second-order valence-electron chi connectivity index (χ2n) is 19.3. The maximum absolute atomic E-state index is 15.6. The first-order valence-corrected chi connectivity index (χ1v) is 24.5. The third-order valence-electron chi connectivity index (χ3n) is 14.5. The molecule has 4 aliphatic rings. The number of carbonyl (C=O) groups is 1. The van der Waals surface area contributed by atoms with Crippen molar-refractivity contribution in [1.82, 2.24) is 29.5 Å². The van der Waals surface area contributed by atoms with Crippen molar-refractivity contribution in [3.05, 3.63) is 95.9 Å². The lowest BCUT2D eigenvalue weighted by atomic mass is 9.60. The van der Waals surface area contributed by atoms with E-state index in [1.165, 1.54) is 61.2 Å². The van der Waals surface area contributed by atoms with Crippen molar-refractivity contribution in [2.75, 3.05) is 55.2 Å². The van der Waals surface area contributed by atoms with Gasteiger partial charge in [-0.25, -0.2) is 27.5 Å². The number of likely N-dealkylation sites (tertiary alicyclic amines) is 2. The van der Waals surface area contributed by atoms with Crippen LogP contribution in [0, 0.1) is 5.41 Å². The first-order chi connectivity index (χ1) is 30.7. The lowest BCUT2D eigenvalue weighted by Crippen LogP contribution is -2.55. The number of piperidine rings is 2. The van der Waals surface area contributed by atoms with Gasteiger partial charge in [0.05, 0.1) is 22.5 Å². The fourth-order valence-corrected chi connectivity index (χ4v) is 11.6. The highest BCUT2D eigenvalue weighted by Crippen LogP contribution is 2.54. The molecule has 13 nitrogen and oxygen atoms in total. The van der Waals surface area contributed by atoms with Crippen molar-refractivity contribution >= 4 is 44.2 Å². The van der Waals surface area contributed by atoms with E-state index in [0.29, 0.717) is 78.3 Å². The number of fused-ring (bicyclic) bond motifs is 1. The van der Waals surface area contributed by atoms with E-state index in [2.05, 4.69) is 86.7 Å². The molecular formula is C49H62FN9O4S. The molecule has 0 radical (unpaired) electrons. The summed E-state index contributed by atoms with van der Waals surface area (Å²) in [6.07, 6.45) is 12.4. The Balaban J connectivity index is 0.875. The first kappa shape index (κ1) is 44.0. The summed E-state index contributed by atoms with van der Waals surface area (Å²) in [6.45, 7) is 13.0. The van der Waals surface area contributed by atoms with Crippen molar-refractivity contribution < 1.29 is 22.3 Å². The Labute approximate surface area is 376 Å². The van der Waals surface area contributed by atoms with Crippen LogP contribution < -0.4 is 25.4 Å². The van der Waals surface area contributed by atoms with Gasteiger partial charge >= 0.3 is 0 Å². The van der Waals surface area contributed by atoms with Crippen LogP contribution in [0.15, 0.2) is 84.1 Å². The summed E-state index contributed by atoms with van der Waals surface area (Å²) in [7, 11) is -4.40. The van der Waals surface area contributed by atoms with E-state index < -0.39 is 21.6 Å². The number of hydrogen-bond acceptors (Lipinski definition) is 11. The average Bonchev–Trinajstić information content (AvgIpc) is 3.95.